The number of carboxylic acid groups (broad SMARTS) is 1. The Labute approximate surface area is 146 Å². The number of fused-ring (bicyclic) bond motifs is 3. The third kappa shape index (κ3) is 2.78. The normalized spacial score (nSPS) is 45.2. The lowest BCUT2D eigenvalue weighted by molar-refractivity contribution is -0.131. The summed E-state index contributed by atoms with van der Waals surface area (Å²) < 4.78 is 0. The third-order valence-electron chi connectivity index (χ3n) is 7.48. The summed E-state index contributed by atoms with van der Waals surface area (Å²) in [5, 5.41) is 9.08. The first-order valence-corrected chi connectivity index (χ1v) is 9.49. The molecule has 0 heterocycles. The van der Waals surface area contributed by atoms with Gasteiger partial charge in [0.05, 0.1) is 0 Å². The highest BCUT2D eigenvalue weighted by molar-refractivity contribution is 5.79. The fourth-order valence-corrected chi connectivity index (χ4v) is 6.13. The maximum atomic E-state index is 11.0. The van der Waals surface area contributed by atoms with Crippen molar-refractivity contribution in [1.82, 2.24) is 0 Å². The van der Waals surface area contributed by atoms with Crippen molar-refractivity contribution in [2.75, 3.05) is 0 Å². The minimum atomic E-state index is -0.823. The number of carboxylic acids is 1. The second kappa shape index (κ2) is 5.89. The maximum Gasteiger partial charge on any atom is 0.327 e. The highest BCUT2D eigenvalue weighted by Crippen LogP contribution is 2.64. The van der Waals surface area contributed by atoms with E-state index >= 15 is 0 Å². The molecule has 2 fully saturated rings. The minimum absolute atomic E-state index is 0.0103. The molecular formula is C22H32O2. The van der Waals surface area contributed by atoms with Gasteiger partial charge in [0, 0.05) is 6.08 Å². The second-order valence-electron chi connectivity index (χ2n) is 9.20. The Morgan fingerprint density at radius 2 is 2.04 bits per heavy atom. The van der Waals surface area contributed by atoms with Crippen molar-refractivity contribution in [3.63, 3.8) is 0 Å². The van der Waals surface area contributed by atoms with Crippen LogP contribution in [-0.4, -0.2) is 11.1 Å². The lowest BCUT2D eigenvalue weighted by atomic mass is 9.46. The van der Waals surface area contributed by atoms with Crippen molar-refractivity contribution in [3.8, 4) is 0 Å². The van der Waals surface area contributed by atoms with E-state index in [4.69, 9.17) is 5.11 Å². The molecule has 3 aliphatic carbocycles. The van der Waals surface area contributed by atoms with Crippen LogP contribution < -0.4 is 0 Å². The Morgan fingerprint density at radius 1 is 1.29 bits per heavy atom. The quantitative estimate of drug-likeness (QED) is 0.528. The highest BCUT2D eigenvalue weighted by Gasteiger charge is 2.54. The first kappa shape index (κ1) is 17.5. The summed E-state index contributed by atoms with van der Waals surface area (Å²) in [4.78, 5) is 11.0. The van der Waals surface area contributed by atoms with E-state index in [1.54, 1.807) is 5.57 Å². The Hall–Kier alpha value is -1.31. The van der Waals surface area contributed by atoms with Gasteiger partial charge in [0.2, 0.25) is 0 Å². The zero-order valence-electron chi connectivity index (χ0n) is 15.5. The molecule has 0 amide bonds. The van der Waals surface area contributed by atoms with Crippen LogP contribution in [0.2, 0.25) is 0 Å². The van der Waals surface area contributed by atoms with Crippen LogP contribution in [0.4, 0.5) is 0 Å². The Morgan fingerprint density at radius 3 is 2.71 bits per heavy atom. The number of aliphatic carboxylic acids is 1. The highest BCUT2D eigenvalue weighted by atomic mass is 16.4. The molecule has 0 aromatic heterocycles. The molecule has 0 aromatic rings. The minimum Gasteiger partial charge on any atom is -0.478 e. The van der Waals surface area contributed by atoms with Crippen molar-refractivity contribution in [2.24, 2.45) is 28.1 Å². The largest absolute Gasteiger partial charge is 0.478 e. The lowest BCUT2D eigenvalue weighted by Crippen LogP contribution is -2.49. The van der Waals surface area contributed by atoms with Crippen molar-refractivity contribution in [2.45, 2.75) is 65.7 Å². The molecule has 3 rings (SSSR count). The number of hydrogen-bond donors (Lipinski definition) is 1. The van der Waals surface area contributed by atoms with Gasteiger partial charge in [-0.2, -0.15) is 0 Å². The molecular weight excluding hydrogens is 296 g/mol. The van der Waals surface area contributed by atoms with E-state index in [1.807, 2.05) is 6.08 Å². The van der Waals surface area contributed by atoms with Gasteiger partial charge in [-0.25, -0.2) is 4.79 Å². The SMILES string of the molecule is C=C[C@@]1(C)CC=C2C(CCC3[C@@]2(C)CCC[C@@]3(C)C=CC(=O)O)C1. The van der Waals surface area contributed by atoms with E-state index in [9.17, 15) is 4.79 Å². The van der Waals surface area contributed by atoms with E-state index in [0.717, 1.165) is 12.8 Å². The summed E-state index contributed by atoms with van der Waals surface area (Å²) in [7, 11) is 0. The van der Waals surface area contributed by atoms with Gasteiger partial charge in [-0.05, 0) is 66.6 Å². The van der Waals surface area contributed by atoms with Gasteiger partial charge < -0.3 is 5.11 Å². The van der Waals surface area contributed by atoms with Crippen LogP contribution >= 0.6 is 0 Å². The zero-order chi connectivity index (χ0) is 17.6. The molecule has 0 spiro atoms. The second-order valence-corrected chi connectivity index (χ2v) is 9.20. The Balaban J connectivity index is 1.95. The van der Waals surface area contributed by atoms with Crippen molar-refractivity contribution in [1.29, 1.82) is 0 Å². The van der Waals surface area contributed by atoms with Gasteiger partial charge in [-0.15, -0.1) is 6.58 Å². The molecule has 5 atom stereocenters. The third-order valence-corrected chi connectivity index (χ3v) is 7.48. The number of allylic oxidation sites excluding steroid dienone is 4. The van der Waals surface area contributed by atoms with Gasteiger partial charge >= 0.3 is 5.97 Å². The molecule has 24 heavy (non-hydrogen) atoms. The number of rotatable bonds is 3. The molecule has 2 unspecified atom stereocenters. The van der Waals surface area contributed by atoms with E-state index in [0.29, 0.717) is 11.8 Å². The zero-order valence-corrected chi connectivity index (χ0v) is 15.5. The molecule has 2 saturated carbocycles. The standard InChI is InChI=1S/C22H32O2/c1-5-20(2)13-9-17-16(15-20)7-8-18-21(3,14-10-19(23)24)11-6-12-22(17,18)4/h5,9-10,14,16,18H,1,6-8,11-13,15H2,2-4H3,(H,23,24)/t16?,18?,20-,21-,22-/m0/s1. The van der Waals surface area contributed by atoms with Crippen molar-refractivity contribution < 1.29 is 9.90 Å². The van der Waals surface area contributed by atoms with Crippen LogP contribution in [0.5, 0.6) is 0 Å². The van der Waals surface area contributed by atoms with E-state index in [1.165, 1.54) is 38.2 Å². The van der Waals surface area contributed by atoms with Gasteiger partial charge in [-0.1, -0.05) is 51.0 Å². The molecule has 0 bridgehead atoms. The molecule has 3 aliphatic rings. The molecule has 2 heteroatoms. The topological polar surface area (TPSA) is 37.3 Å². The average Bonchev–Trinajstić information content (AvgIpc) is 2.52. The van der Waals surface area contributed by atoms with Gasteiger partial charge in [-0.3, -0.25) is 0 Å². The van der Waals surface area contributed by atoms with E-state index < -0.39 is 5.97 Å². The summed E-state index contributed by atoms with van der Waals surface area (Å²) in [6.07, 6.45) is 16.4. The van der Waals surface area contributed by atoms with Crippen LogP contribution in [0.1, 0.15) is 65.7 Å². The summed E-state index contributed by atoms with van der Waals surface area (Å²) in [5.41, 5.74) is 2.17. The summed E-state index contributed by atoms with van der Waals surface area (Å²) in [6, 6.07) is 0. The summed E-state index contributed by atoms with van der Waals surface area (Å²) in [5.74, 6) is 0.426. The van der Waals surface area contributed by atoms with Gasteiger partial charge in [0.15, 0.2) is 0 Å². The Bertz CT molecular complexity index is 601. The summed E-state index contributed by atoms with van der Waals surface area (Å²) >= 11 is 0. The van der Waals surface area contributed by atoms with Crippen molar-refractivity contribution >= 4 is 5.97 Å². The van der Waals surface area contributed by atoms with Gasteiger partial charge in [0.1, 0.15) is 0 Å². The molecule has 0 aliphatic heterocycles. The smallest absolute Gasteiger partial charge is 0.327 e. The molecule has 0 aromatic carbocycles. The van der Waals surface area contributed by atoms with Crippen LogP contribution in [0.15, 0.2) is 36.5 Å². The van der Waals surface area contributed by atoms with Crippen LogP contribution in [0.25, 0.3) is 0 Å². The predicted molar refractivity (Wildman–Crippen MR) is 98.7 cm³/mol. The lowest BCUT2D eigenvalue weighted by Gasteiger charge is -2.58. The first-order chi connectivity index (χ1) is 11.2. The first-order valence-electron chi connectivity index (χ1n) is 9.49. The van der Waals surface area contributed by atoms with E-state index in [-0.39, 0.29) is 16.2 Å². The number of hydrogen-bond acceptors (Lipinski definition) is 1. The van der Waals surface area contributed by atoms with Gasteiger partial charge in [0.25, 0.3) is 0 Å². The fraction of sp³-hybridized carbons (Fsp3) is 0.682. The molecule has 132 valence electrons. The van der Waals surface area contributed by atoms with Crippen LogP contribution in [0, 0.1) is 28.1 Å². The summed E-state index contributed by atoms with van der Waals surface area (Å²) in [6.45, 7) is 11.1. The predicted octanol–water partition coefficient (Wildman–Crippen LogP) is 5.76. The van der Waals surface area contributed by atoms with E-state index in [2.05, 4.69) is 39.5 Å². The maximum absolute atomic E-state index is 11.0. The molecule has 1 N–H and O–H groups in total. The molecule has 2 nitrogen and oxygen atoms in total. The van der Waals surface area contributed by atoms with Crippen LogP contribution in [-0.2, 0) is 4.79 Å². The molecule has 0 radical (unpaired) electrons. The Kier molecular flexibility index (Phi) is 4.30. The van der Waals surface area contributed by atoms with Crippen molar-refractivity contribution in [3.05, 3.63) is 36.5 Å². The molecule has 0 saturated heterocycles. The number of carbonyl (C=O) groups is 1. The average molecular weight is 328 g/mol. The monoisotopic (exact) mass is 328 g/mol. The fourth-order valence-electron chi connectivity index (χ4n) is 6.13. The van der Waals surface area contributed by atoms with Crippen LogP contribution in [0.3, 0.4) is 0 Å².